The zero-order chi connectivity index (χ0) is 17.4. The van der Waals surface area contributed by atoms with E-state index in [0.29, 0.717) is 30.3 Å². The van der Waals surface area contributed by atoms with Crippen LogP contribution in [-0.2, 0) is 4.79 Å². The molecule has 0 aliphatic rings. The summed E-state index contributed by atoms with van der Waals surface area (Å²) in [5.41, 5.74) is 0.631. The molecule has 0 fully saturated rings. The van der Waals surface area contributed by atoms with E-state index < -0.39 is 0 Å². The lowest BCUT2D eigenvalue weighted by Gasteiger charge is -2.24. The Hall–Kier alpha value is -2.44. The maximum absolute atomic E-state index is 11.9. The molecule has 2 N–H and O–H groups in total. The third-order valence-electron chi connectivity index (χ3n) is 3.10. The van der Waals surface area contributed by atoms with Crippen molar-refractivity contribution in [2.75, 3.05) is 32.2 Å². The Labute approximate surface area is 136 Å². The first kappa shape index (κ1) is 18.6. The van der Waals surface area contributed by atoms with Crippen molar-refractivity contribution in [3.8, 4) is 11.5 Å². The Morgan fingerprint density at radius 2 is 1.91 bits per heavy atom. The molecule has 7 heteroatoms. The second-order valence-corrected chi connectivity index (χ2v) is 5.26. The van der Waals surface area contributed by atoms with Gasteiger partial charge in [0, 0.05) is 32.1 Å². The van der Waals surface area contributed by atoms with Gasteiger partial charge in [-0.05, 0) is 26.0 Å². The molecule has 0 aromatic heterocycles. The van der Waals surface area contributed by atoms with E-state index >= 15 is 0 Å². The molecule has 3 amide bonds. The van der Waals surface area contributed by atoms with Gasteiger partial charge in [0.1, 0.15) is 11.5 Å². The molecule has 0 bridgehead atoms. The summed E-state index contributed by atoms with van der Waals surface area (Å²) < 4.78 is 10.5. The number of ether oxygens (including phenoxy) is 2. The zero-order valence-electron chi connectivity index (χ0n) is 14.3. The molecule has 0 radical (unpaired) electrons. The number of hydrogen-bond donors (Lipinski definition) is 2. The minimum atomic E-state index is -0.259. The molecule has 0 spiro atoms. The van der Waals surface area contributed by atoms with Crippen LogP contribution < -0.4 is 25.0 Å². The number of nitrogens with one attached hydrogen (secondary N) is 2. The summed E-state index contributed by atoms with van der Waals surface area (Å²) in [6, 6.07) is 5.02. The van der Waals surface area contributed by atoms with Crippen LogP contribution in [0.1, 0.15) is 20.8 Å². The van der Waals surface area contributed by atoms with E-state index in [1.54, 1.807) is 30.2 Å². The molecule has 0 aliphatic heterocycles. The lowest BCUT2D eigenvalue weighted by atomic mass is 10.2. The lowest BCUT2D eigenvalue weighted by molar-refractivity contribution is -0.116. The normalized spacial score (nSPS) is 10.2. The van der Waals surface area contributed by atoms with Crippen molar-refractivity contribution in [3.05, 3.63) is 18.2 Å². The number of anilines is 1. The topological polar surface area (TPSA) is 79.9 Å². The van der Waals surface area contributed by atoms with E-state index in [9.17, 15) is 9.59 Å². The number of hydrogen-bond acceptors (Lipinski definition) is 4. The first-order chi connectivity index (χ1) is 10.9. The van der Waals surface area contributed by atoms with Gasteiger partial charge >= 0.3 is 6.03 Å². The number of methoxy groups -OCH3 is 2. The molecule has 1 rings (SSSR count). The van der Waals surface area contributed by atoms with Crippen molar-refractivity contribution < 1.29 is 19.1 Å². The highest BCUT2D eigenvalue weighted by Crippen LogP contribution is 2.32. The van der Waals surface area contributed by atoms with E-state index in [-0.39, 0.29) is 18.0 Å². The molecule has 23 heavy (non-hydrogen) atoms. The third kappa shape index (κ3) is 5.69. The molecule has 0 aliphatic carbocycles. The smallest absolute Gasteiger partial charge is 0.315 e. The van der Waals surface area contributed by atoms with Gasteiger partial charge in [-0.25, -0.2) is 4.79 Å². The summed E-state index contributed by atoms with van der Waals surface area (Å²) in [7, 11) is 3.10. The predicted octanol–water partition coefficient (Wildman–Crippen LogP) is 1.76. The van der Waals surface area contributed by atoms with Gasteiger partial charge < -0.3 is 25.0 Å². The van der Waals surface area contributed by atoms with Crippen LogP contribution >= 0.6 is 0 Å². The second-order valence-electron chi connectivity index (χ2n) is 5.26. The van der Waals surface area contributed by atoms with E-state index in [4.69, 9.17) is 9.47 Å². The summed E-state index contributed by atoms with van der Waals surface area (Å²) in [4.78, 5) is 25.1. The fourth-order valence-electron chi connectivity index (χ4n) is 2.05. The standard InChI is InChI=1S/C16H25N3O4/c1-11(2)18-16(21)17-8-9-19(12(3)20)14-7-6-13(22-4)10-15(14)23-5/h6-7,10-11H,8-9H2,1-5H3,(H2,17,18,21). The Morgan fingerprint density at radius 1 is 1.22 bits per heavy atom. The van der Waals surface area contributed by atoms with Gasteiger partial charge in [-0.1, -0.05) is 0 Å². The van der Waals surface area contributed by atoms with Crippen LogP contribution in [0, 0.1) is 0 Å². The molecule has 0 saturated heterocycles. The monoisotopic (exact) mass is 323 g/mol. The van der Waals surface area contributed by atoms with Gasteiger partial charge in [0.25, 0.3) is 0 Å². The van der Waals surface area contributed by atoms with Crippen LogP contribution in [-0.4, -0.2) is 45.3 Å². The van der Waals surface area contributed by atoms with Crippen molar-refractivity contribution in [2.24, 2.45) is 0 Å². The van der Waals surface area contributed by atoms with Crippen molar-refractivity contribution in [2.45, 2.75) is 26.8 Å². The zero-order valence-corrected chi connectivity index (χ0v) is 14.3. The van der Waals surface area contributed by atoms with E-state index in [0.717, 1.165) is 0 Å². The van der Waals surface area contributed by atoms with Gasteiger partial charge in [-0.2, -0.15) is 0 Å². The lowest BCUT2D eigenvalue weighted by Crippen LogP contribution is -2.43. The van der Waals surface area contributed by atoms with Crippen LogP contribution in [0.25, 0.3) is 0 Å². The Morgan fingerprint density at radius 3 is 2.43 bits per heavy atom. The fourth-order valence-corrected chi connectivity index (χ4v) is 2.05. The summed E-state index contributed by atoms with van der Waals surface area (Å²) >= 11 is 0. The molecule has 1 aromatic carbocycles. The maximum atomic E-state index is 11.9. The molecule has 128 valence electrons. The number of rotatable bonds is 7. The van der Waals surface area contributed by atoms with Crippen LogP contribution in [0.15, 0.2) is 18.2 Å². The number of carbonyl (C=O) groups is 2. The Balaban J connectivity index is 2.79. The number of urea groups is 1. The highest BCUT2D eigenvalue weighted by molar-refractivity contribution is 5.93. The van der Waals surface area contributed by atoms with Gasteiger partial charge in [0.05, 0.1) is 19.9 Å². The number of amides is 3. The summed E-state index contributed by atoms with van der Waals surface area (Å²) in [6.07, 6.45) is 0. The molecular weight excluding hydrogens is 298 g/mol. The molecule has 0 atom stereocenters. The summed E-state index contributed by atoms with van der Waals surface area (Å²) in [5, 5.41) is 5.45. The van der Waals surface area contributed by atoms with E-state index in [1.165, 1.54) is 14.0 Å². The second kappa shape index (κ2) is 8.87. The minimum absolute atomic E-state index is 0.0561. The van der Waals surface area contributed by atoms with Crippen molar-refractivity contribution in [1.29, 1.82) is 0 Å². The van der Waals surface area contributed by atoms with Crippen molar-refractivity contribution in [1.82, 2.24) is 10.6 Å². The number of nitrogens with zero attached hydrogens (tertiary/aromatic N) is 1. The number of benzene rings is 1. The van der Waals surface area contributed by atoms with Gasteiger partial charge in [0.2, 0.25) is 5.91 Å². The average molecular weight is 323 g/mol. The van der Waals surface area contributed by atoms with Gasteiger partial charge in [-0.3, -0.25) is 4.79 Å². The van der Waals surface area contributed by atoms with Crippen LogP contribution in [0.5, 0.6) is 11.5 Å². The molecule has 0 heterocycles. The highest BCUT2D eigenvalue weighted by atomic mass is 16.5. The fraction of sp³-hybridized carbons (Fsp3) is 0.500. The molecular formula is C16H25N3O4. The SMILES string of the molecule is COc1ccc(N(CCNC(=O)NC(C)C)C(C)=O)c(OC)c1. The summed E-state index contributed by atoms with van der Waals surface area (Å²) in [6.45, 7) is 5.89. The number of carbonyl (C=O) groups excluding carboxylic acids is 2. The third-order valence-corrected chi connectivity index (χ3v) is 3.10. The highest BCUT2D eigenvalue weighted by Gasteiger charge is 2.17. The van der Waals surface area contributed by atoms with Crippen molar-refractivity contribution in [3.63, 3.8) is 0 Å². The van der Waals surface area contributed by atoms with Crippen LogP contribution in [0.4, 0.5) is 10.5 Å². The average Bonchev–Trinajstić information content (AvgIpc) is 2.50. The Kier molecular flexibility index (Phi) is 7.18. The Bertz CT molecular complexity index is 546. The predicted molar refractivity (Wildman–Crippen MR) is 89.2 cm³/mol. The molecule has 7 nitrogen and oxygen atoms in total. The first-order valence-corrected chi connectivity index (χ1v) is 7.43. The molecule has 1 aromatic rings. The minimum Gasteiger partial charge on any atom is -0.497 e. The molecule has 0 saturated carbocycles. The van der Waals surface area contributed by atoms with E-state index in [2.05, 4.69) is 10.6 Å². The van der Waals surface area contributed by atoms with Gasteiger partial charge in [0.15, 0.2) is 0 Å². The summed E-state index contributed by atoms with van der Waals surface area (Å²) in [5.74, 6) is 1.04. The first-order valence-electron chi connectivity index (χ1n) is 7.43. The van der Waals surface area contributed by atoms with Crippen molar-refractivity contribution >= 4 is 17.6 Å². The van der Waals surface area contributed by atoms with Gasteiger partial charge in [-0.15, -0.1) is 0 Å². The maximum Gasteiger partial charge on any atom is 0.315 e. The largest absolute Gasteiger partial charge is 0.497 e. The van der Waals surface area contributed by atoms with Crippen LogP contribution in [0.2, 0.25) is 0 Å². The van der Waals surface area contributed by atoms with Crippen LogP contribution in [0.3, 0.4) is 0 Å². The van der Waals surface area contributed by atoms with E-state index in [1.807, 2.05) is 13.8 Å². The molecule has 0 unspecified atom stereocenters. The quantitative estimate of drug-likeness (QED) is 0.801.